The van der Waals surface area contributed by atoms with E-state index in [9.17, 15) is 20.1 Å². The van der Waals surface area contributed by atoms with Crippen LogP contribution in [0.1, 0.15) is 72.1 Å². The molecule has 0 heterocycles. The van der Waals surface area contributed by atoms with Gasteiger partial charge in [-0.25, -0.2) is 0 Å². The number of aliphatic hydroxyl groups excluding tert-OH is 2. The maximum atomic E-state index is 12.3. The molecule has 0 saturated heterocycles. The summed E-state index contributed by atoms with van der Waals surface area (Å²) in [6, 6.07) is 0. The number of carbonyl (C=O) groups excluding carboxylic acids is 1. The van der Waals surface area contributed by atoms with Crippen LogP contribution in [-0.4, -0.2) is 38.9 Å². The summed E-state index contributed by atoms with van der Waals surface area (Å²) < 4.78 is 0. The number of aliphatic hydroxyl groups is 3. The number of Topliss-reactive ketones (excluding diaryl/α,β-unsaturated/α-hetero) is 1. The topological polar surface area (TPSA) is 77.8 Å². The molecule has 0 aromatic carbocycles. The molecule has 0 radical (unpaired) electrons. The lowest BCUT2D eigenvalue weighted by atomic mass is 9.43. The Hall–Kier alpha value is -0.450. The molecule has 4 heteroatoms. The SMILES string of the molecule is CC(=O)[C@@]1(O)CC[C@H]2[C@@H]3CC[C@H]4C[C@H](O)CC[C@]4(C)[C@H]3[C@H](O)C[C@@]21C. The fourth-order valence-corrected chi connectivity index (χ4v) is 7.94. The van der Waals surface area contributed by atoms with Crippen LogP contribution in [-0.2, 0) is 4.79 Å². The standard InChI is InChI=1S/C21H34O4/c1-12(22)21(25)9-7-16-15-5-4-13-10-14(23)6-8-19(13,2)18(15)17(24)11-20(16,21)3/h13-18,23-25H,4-11H2,1-3H3/t13-,14+,15-,16-,17+,18+,19-,20-,21-/m0/s1. The molecule has 142 valence electrons. The van der Waals surface area contributed by atoms with E-state index in [0.717, 1.165) is 38.5 Å². The highest BCUT2D eigenvalue weighted by molar-refractivity contribution is 5.86. The highest BCUT2D eigenvalue weighted by Crippen LogP contribution is 2.68. The minimum Gasteiger partial charge on any atom is -0.393 e. The summed E-state index contributed by atoms with van der Waals surface area (Å²) in [7, 11) is 0. The van der Waals surface area contributed by atoms with Crippen LogP contribution in [0.15, 0.2) is 0 Å². The molecule has 0 spiro atoms. The van der Waals surface area contributed by atoms with Gasteiger partial charge < -0.3 is 15.3 Å². The van der Waals surface area contributed by atoms with Gasteiger partial charge in [0.1, 0.15) is 5.60 Å². The first kappa shape index (κ1) is 17.9. The van der Waals surface area contributed by atoms with Gasteiger partial charge in [-0.2, -0.15) is 0 Å². The van der Waals surface area contributed by atoms with Crippen LogP contribution in [0, 0.1) is 34.5 Å². The minimum absolute atomic E-state index is 0.0832. The molecular weight excluding hydrogens is 316 g/mol. The van der Waals surface area contributed by atoms with E-state index in [-0.39, 0.29) is 23.2 Å². The molecular formula is C21H34O4. The van der Waals surface area contributed by atoms with Crippen LogP contribution in [0.4, 0.5) is 0 Å². The monoisotopic (exact) mass is 350 g/mol. The van der Waals surface area contributed by atoms with Crippen molar-refractivity contribution in [2.75, 3.05) is 0 Å². The van der Waals surface area contributed by atoms with Crippen molar-refractivity contribution in [2.24, 2.45) is 34.5 Å². The van der Waals surface area contributed by atoms with E-state index in [1.54, 1.807) is 0 Å². The van der Waals surface area contributed by atoms with Gasteiger partial charge in [0.05, 0.1) is 12.2 Å². The first-order valence-electron chi connectivity index (χ1n) is 10.2. The normalized spacial score (nSPS) is 58.2. The van der Waals surface area contributed by atoms with Gasteiger partial charge in [-0.1, -0.05) is 13.8 Å². The van der Waals surface area contributed by atoms with Crippen LogP contribution in [0.3, 0.4) is 0 Å². The van der Waals surface area contributed by atoms with Crippen LogP contribution in [0.5, 0.6) is 0 Å². The summed E-state index contributed by atoms with van der Waals surface area (Å²) in [6.07, 6.45) is 6.16. The van der Waals surface area contributed by atoms with Crippen molar-refractivity contribution in [1.29, 1.82) is 0 Å². The quantitative estimate of drug-likeness (QED) is 0.679. The Kier molecular flexibility index (Phi) is 3.97. The van der Waals surface area contributed by atoms with Crippen molar-refractivity contribution in [1.82, 2.24) is 0 Å². The van der Waals surface area contributed by atoms with Crippen molar-refractivity contribution < 1.29 is 20.1 Å². The molecule has 0 aromatic heterocycles. The first-order valence-corrected chi connectivity index (χ1v) is 10.2. The van der Waals surface area contributed by atoms with Gasteiger partial charge in [0, 0.05) is 5.41 Å². The fraction of sp³-hybridized carbons (Fsp3) is 0.952. The van der Waals surface area contributed by atoms with Crippen LogP contribution >= 0.6 is 0 Å². The van der Waals surface area contributed by atoms with Gasteiger partial charge >= 0.3 is 0 Å². The Morgan fingerprint density at radius 1 is 1.04 bits per heavy atom. The summed E-state index contributed by atoms with van der Waals surface area (Å²) in [5, 5.41) is 32.5. The molecule has 4 aliphatic carbocycles. The minimum atomic E-state index is -1.27. The predicted molar refractivity (Wildman–Crippen MR) is 94.8 cm³/mol. The molecule has 4 saturated carbocycles. The van der Waals surface area contributed by atoms with E-state index in [1.807, 2.05) is 6.92 Å². The van der Waals surface area contributed by atoms with E-state index < -0.39 is 17.1 Å². The number of hydrogen-bond donors (Lipinski definition) is 3. The van der Waals surface area contributed by atoms with Crippen molar-refractivity contribution in [3.8, 4) is 0 Å². The second-order valence-electron chi connectivity index (χ2n) is 10.1. The average molecular weight is 350 g/mol. The third-order valence-electron chi connectivity index (χ3n) is 9.30. The van der Waals surface area contributed by atoms with Gasteiger partial charge in [-0.3, -0.25) is 4.79 Å². The Morgan fingerprint density at radius 3 is 2.44 bits per heavy atom. The number of hydrogen-bond acceptors (Lipinski definition) is 4. The number of carbonyl (C=O) groups is 1. The molecule has 0 amide bonds. The molecule has 0 bridgehead atoms. The Bertz CT molecular complexity index is 576. The summed E-state index contributed by atoms with van der Waals surface area (Å²) >= 11 is 0. The van der Waals surface area contributed by atoms with Crippen molar-refractivity contribution in [3.63, 3.8) is 0 Å². The lowest BCUT2D eigenvalue weighted by Gasteiger charge is -2.62. The first-order chi connectivity index (χ1) is 11.6. The predicted octanol–water partition coefficient (Wildman–Crippen LogP) is 2.68. The zero-order valence-electron chi connectivity index (χ0n) is 15.9. The van der Waals surface area contributed by atoms with E-state index >= 15 is 0 Å². The van der Waals surface area contributed by atoms with Crippen LogP contribution in [0.2, 0.25) is 0 Å². The molecule has 0 aromatic rings. The maximum absolute atomic E-state index is 12.3. The summed E-state index contributed by atoms with van der Waals surface area (Å²) in [4.78, 5) is 12.3. The Labute approximate surface area is 151 Å². The zero-order valence-corrected chi connectivity index (χ0v) is 15.9. The van der Waals surface area contributed by atoms with Crippen molar-refractivity contribution in [3.05, 3.63) is 0 Å². The van der Waals surface area contributed by atoms with Gasteiger partial charge in [0.25, 0.3) is 0 Å². The van der Waals surface area contributed by atoms with Gasteiger partial charge in [0.15, 0.2) is 5.78 Å². The number of rotatable bonds is 1. The van der Waals surface area contributed by atoms with Crippen LogP contribution < -0.4 is 0 Å². The molecule has 0 unspecified atom stereocenters. The fourth-order valence-electron chi connectivity index (χ4n) is 7.94. The van der Waals surface area contributed by atoms with Gasteiger partial charge in [0.2, 0.25) is 0 Å². The lowest BCUT2D eigenvalue weighted by Crippen LogP contribution is -2.62. The van der Waals surface area contributed by atoms with Gasteiger partial charge in [-0.05, 0) is 87.4 Å². The number of fused-ring (bicyclic) bond motifs is 5. The third-order valence-corrected chi connectivity index (χ3v) is 9.30. The molecule has 0 aliphatic heterocycles. The largest absolute Gasteiger partial charge is 0.393 e. The van der Waals surface area contributed by atoms with Crippen LogP contribution in [0.25, 0.3) is 0 Å². The second-order valence-corrected chi connectivity index (χ2v) is 10.1. The average Bonchev–Trinajstić information content (AvgIpc) is 2.80. The second kappa shape index (κ2) is 5.53. The van der Waals surface area contributed by atoms with E-state index in [0.29, 0.717) is 30.6 Å². The summed E-state index contributed by atoms with van der Waals surface area (Å²) in [6.45, 7) is 5.88. The molecule has 3 N–H and O–H groups in total. The molecule has 25 heavy (non-hydrogen) atoms. The Balaban J connectivity index is 1.70. The van der Waals surface area contributed by atoms with Crippen molar-refractivity contribution >= 4 is 5.78 Å². The molecule has 4 fully saturated rings. The molecule has 4 aliphatic rings. The van der Waals surface area contributed by atoms with E-state index in [4.69, 9.17) is 0 Å². The molecule has 9 atom stereocenters. The molecule has 4 nitrogen and oxygen atoms in total. The smallest absolute Gasteiger partial charge is 0.161 e. The molecule has 4 rings (SSSR count). The highest BCUT2D eigenvalue weighted by Gasteiger charge is 2.68. The summed E-state index contributed by atoms with van der Waals surface area (Å²) in [5.41, 5.74) is -1.69. The zero-order chi connectivity index (χ0) is 18.2. The Morgan fingerprint density at radius 2 is 1.76 bits per heavy atom. The van der Waals surface area contributed by atoms with E-state index in [2.05, 4.69) is 6.92 Å². The van der Waals surface area contributed by atoms with E-state index in [1.165, 1.54) is 6.92 Å². The summed E-state index contributed by atoms with van der Waals surface area (Å²) in [5.74, 6) is 1.30. The maximum Gasteiger partial charge on any atom is 0.161 e. The van der Waals surface area contributed by atoms with Crippen molar-refractivity contribution in [2.45, 2.75) is 89.9 Å². The highest BCUT2D eigenvalue weighted by atomic mass is 16.3. The number of ketones is 1. The van der Waals surface area contributed by atoms with Gasteiger partial charge in [-0.15, -0.1) is 0 Å². The lowest BCUT2D eigenvalue weighted by molar-refractivity contribution is -0.201. The third kappa shape index (κ3) is 2.20.